The summed E-state index contributed by atoms with van der Waals surface area (Å²) in [5.74, 6) is -0.596. The molecule has 0 heterocycles. The van der Waals surface area contributed by atoms with Gasteiger partial charge in [0, 0.05) is 0 Å². The van der Waals surface area contributed by atoms with Crippen LogP contribution >= 0.6 is 0 Å². The first-order chi connectivity index (χ1) is 7.60. The molecule has 16 heavy (non-hydrogen) atoms. The fourth-order valence-electron chi connectivity index (χ4n) is 3.44. The maximum absolute atomic E-state index is 11.0. The molecule has 84 valence electrons. The van der Waals surface area contributed by atoms with E-state index in [1.54, 1.807) is 0 Å². The van der Waals surface area contributed by atoms with Crippen molar-refractivity contribution in [1.82, 2.24) is 0 Å². The Morgan fingerprint density at radius 3 is 2.62 bits per heavy atom. The highest BCUT2D eigenvalue weighted by atomic mass is 16.4. The first kappa shape index (κ1) is 9.88. The molecule has 2 nitrogen and oxygen atoms in total. The predicted octanol–water partition coefficient (Wildman–Crippen LogP) is 2.76. The molecule has 0 amide bonds. The molecule has 0 spiro atoms. The van der Waals surface area contributed by atoms with Crippen LogP contribution in [0.25, 0.3) is 0 Å². The summed E-state index contributed by atoms with van der Waals surface area (Å²) in [7, 11) is 0. The lowest BCUT2D eigenvalue weighted by Crippen LogP contribution is -2.67. The average Bonchev–Trinajstić information content (AvgIpc) is 2.13. The van der Waals surface area contributed by atoms with Gasteiger partial charge in [-0.05, 0) is 42.2 Å². The minimum absolute atomic E-state index is 0.212. The number of hydrogen-bond donors (Lipinski definition) is 1. The van der Waals surface area contributed by atoms with Gasteiger partial charge in [0.05, 0.1) is 5.41 Å². The van der Waals surface area contributed by atoms with Crippen LogP contribution in [-0.4, -0.2) is 11.1 Å². The van der Waals surface area contributed by atoms with Crippen molar-refractivity contribution in [2.75, 3.05) is 0 Å². The number of carboxylic acid groups (broad SMARTS) is 1. The Labute approximate surface area is 95.3 Å². The second-order valence-corrected chi connectivity index (χ2v) is 5.45. The number of hydrogen-bond acceptors (Lipinski definition) is 1. The van der Waals surface area contributed by atoms with Gasteiger partial charge in [0.25, 0.3) is 0 Å². The zero-order valence-corrected chi connectivity index (χ0v) is 9.49. The molecule has 3 saturated carbocycles. The molecular weight excluding hydrogens is 200 g/mol. The van der Waals surface area contributed by atoms with Crippen molar-refractivity contribution in [2.24, 2.45) is 5.41 Å². The van der Waals surface area contributed by atoms with Crippen molar-refractivity contribution < 1.29 is 9.90 Å². The molecule has 1 aromatic carbocycles. The molecule has 0 saturated heterocycles. The summed E-state index contributed by atoms with van der Waals surface area (Å²) >= 11 is 0. The second kappa shape index (κ2) is 2.88. The molecule has 2 heteroatoms. The van der Waals surface area contributed by atoms with E-state index < -0.39 is 5.97 Å². The fourth-order valence-corrected chi connectivity index (χ4v) is 3.44. The van der Waals surface area contributed by atoms with Crippen LogP contribution in [0.5, 0.6) is 0 Å². The zero-order chi connectivity index (χ0) is 11.4. The molecular formula is C14H16O2. The molecule has 1 aromatic rings. The molecule has 0 aromatic heterocycles. The van der Waals surface area contributed by atoms with Gasteiger partial charge in [0.15, 0.2) is 0 Å². The summed E-state index contributed by atoms with van der Waals surface area (Å²) in [5.41, 5.74) is 2.56. The Morgan fingerprint density at radius 1 is 1.38 bits per heavy atom. The normalized spacial score (nSPS) is 35.1. The molecule has 1 N–H and O–H groups in total. The predicted molar refractivity (Wildman–Crippen MR) is 61.4 cm³/mol. The molecule has 0 atom stereocenters. The molecule has 0 unspecified atom stereocenters. The van der Waals surface area contributed by atoms with E-state index in [-0.39, 0.29) is 10.8 Å². The monoisotopic (exact) mass is 216 g/mol. The van der Waals surface area contributed by atoms with Gasteiger partial charge in [-0.15, -0.1) is 0 Å². The van der Waals surface area contributed by atoms with Crippen molar-refractivity contribution >= 4 is 5.97 Å². The lowest BCUT2D eigenvalue weighted by molar-refractivity contribution is -0.194. The van der Waals surface area contributed by atoms with Crippen LogP contribution in [0, 0.1) is 5.41 Å². The maximum atomic E-state index is 11.0. The van der Waals surface area contributed by atoms with Gasteiger partial charge in [0.2, 0.25) is 0 Å². The van der Waals surface area contributed by atoms with E-state index in [1.165, 1.54) is 11.1 Å². The second-order valence-electron chi connectivity index (χ2n) is 5.45. The zero-order valence-electron chi connectivity index (χ0n) is 9.49. The van der Waals surface area contributed by atoms with Crippen LogP contribution in [0.15, 0.2) is 24.3 Å². The van der Waals surface area contributed by atoms with Crippen LogP contribution in [0.4, 0.5) is 0 Å². The van der Waals surface area contributed by atoms with Crippen LogP contribution in [-0.2, 0) is 16.6 Å². The molecule has 3 aliphatic carbocycles. The SMILES string of the molecule is CCc1cccc(C23CC(C(=O)O)(C2)C3)c1. The molecule has 0 radical (unpaired) electrons. The average molecular weight is 216 g/mol. The van der Waals surface area contributed by atoms with E-state index in [2.05, 4.69) is 31.2 Å². The number of rotatable bonds is 3. The number of aliphatic carboxylic acids is 1. The van der Waals surface area contributed by atoms with Crippen LogP contribution in [0.2, 0.25) is 0 Å². The van der Waals surface area contributed by atoms with E-state index in [4.69, 9.17) is 5.11 Å². The van der Waals surface area contributed by atoms with Crippen molar-refractivity contribution in [3.8, 4) is 0 Å². The van der Waals surface area contributed by atoms with Gasteiger partial charge in [0.1, 0.15) is 0 Å². The third-order valence-electron chi connectivity index (χ3n) is 4.43. The van der Waals surface area contributed by atoms with Gasteiger partial charge in [-0.2, -0.15) is 0 Å². The molecule has 3 fully saturated rings. The lowest BCUT2D eigenvalue weighted by atomic mass is 9.33. The molecule has 0 aliphatic heterocycles. The van der Waals surface area contributed by atoms with E-state index in [9.17, 15) is 4.79 Å². The smallest absolute Gasteiger partial charge is 0.309 e. The van der Waals surface area contributed by atoms with Crippen molar-refractivity contribution in [2.45, 2.75) is 38.0 Å². The summed E-state index contributed by atoms with van der Waals surface area (Å²) in [6.07, 6.45) is 3.60. The van der Waals surface area contributed by atoms with Gasteiger partial charge in [-0.25, -0.2) is 0 Å². The Morgan fingerprint density at radius 2 is 2.06 bits per heavy atom. The summed E-state index contributed by atoms with van der Waals surface area (Å²) < 4.78 is 0. The van der Waals surface area contributed by atoms with Crippen LogP contribution in [0.3, 0.4) is 0 Å². The first-order valence-electron chi connectivity index (χ1n) is 5.93. The summed E-state index contributed by atoms with van der Waals surface area (Å²) in [4.78, 5) is 11.0. The number of carboxylic acids is 1. The van der Waals surface area contributed by atoms with Crippen molar-refractivity contribution in [3.05, 3.63) is 35.4 Å². The summed E-state index contributed by atoms with van der Waals surface area (Å²) in [6, 6.07) is 8.65. The highest BCUT2D eigenvalue weighted by Crippen LogP contribution is 2.73. The Hall–Kier alpha value is -1.31. The van der Waals surface area contributed by atoms with Crippen LogP contribution in [0.1, 0.15) is 37.3 Å². The third kappa shape index (κ3) is 1.05. The third-order valence-corrected chi connectivity index (χ3v) is 4.43. The summed E-state index contributed by atoms with van der Waals surface area (Å²) in [6.45, 7) is 2.15. The Kier molecular flexibility index (Phi) is 1.78. The topological polar surface area (TPSA) is 37.3 Å². The molecule has 2 bridgehead atoms. The minimum Gasteiger partial charge on any atom is -0.481 e. The standard InChI is InChI=1S/C14H16O2/c1-2-10-4-3-5-11(6-10)13-7-14(8-13,9-13)12(15)16/h3-6H,2,7-9H2,1H3,(H,15,16). The highest BCUT2D eigenvalue weighted by molar-refractivity contribution is 5.80. The fraction of sp³-hybridized carbons (Fsp3) is 0.500. The van der Waals surface area contributed by atoms with E-state index in [1.807, 2.05) is 0 Å². The van der Waals surface area contributed by atoms with Crippen molar-refractivity contribution in [1.29, 1.82) is 0 Å². The Bertz CT molecular complexity index is 442. The van der Waals surface area contributed by atoms with E-state index in [0.717, 1.165) is 25.7 Å². The van der Waals surface area contributed by atoms with E-state index in [0.29, 0.717) is 0 Å². The van der Waals surface area contributed by atoms with Crippen LogP contribution < -0.4 is 0 Å². The summed E-state index contributed by atoms with van der Waals surface area (Å²) in [5, 5.41) is 9.09. The van der Waals surface area contributed by atoms with Crippen molar-refractivity contribution in [3.63, 3.8) is 0 Å². The van der Waals surface area contributed by atoms with Gasteiger partial charge in [-0.1, -0.05) is 31.2 Å². The Balaban J connectivity index is 1.84. The molecule has 4 rings (SSSR count). The van der Waals surface area contributed by atoms with E-state index >= 15 is 0 Å². The number of benzene rings is 1. The maximum Gasteiger partial charge on any atom is 0.309 e. The van der Waals surface area contributed by atoms with Gasteiger partial charge < -0.3 is 5.11 Å². The largest absolute Gasteiger partial charge is 0.481 e. The molecule has 3 aliphatic rings. The lowest BCUT2D eigenvalue weighted by Gasteiger charge is -2.68. The first-order valence-corrected chi connectivity index (χ1v) is 5.93. The minimum atomic E-state index is -0.596. The quantitative estimate of drug-likeness (QED) is 0.843. The van der Waals surface area contributed by atoms with Gasteiger partial charge in [-0.3, -0.25) is 4.79 Å². The van der Waals surface area contributed by atoms with Gasteiger partial charge >= 0.3 is 5.97 Å². The number of carbonyl (C=O) groups is 1. The highest BCUT2D eigenvalue weighted by Gasteiger charge is 2.72. The number of aryl methyl sites for hydroxylation is 1.